The van der Waals surface area contributed by atoms with E-state index in [4.69, 9.17) is 0 Å². The van der Waals surface area contributed by atoms with Crippen LogP contribution in [0.15, 0.2) is 0 Å². The lowest BCUT2D eigenvalue weighted by molar-refractivity contribution is 0.134. The van der Waals surface area contributed by atoms with Gasteiger partial charge in [-0.1, -0.05) is 59.8 Å². The zero-order valence-corrected chi connectivity index (χ0v) is 13.2. The molecule has 1 rings (SSSR count). The molecule has 1 atom stereocenters. The Labute approximate surface area is 115 Å². The molecule has 0 aromatic carbocycles. The van der Waals surface area contributed by atoms with E-state index in [-0.39, 0.29) is 0 Å². The van der Waals surface area contributed by atoms with Crippen LogP contribution in [0.25, 0.3) is 0 Å². The third-order valence-electron chi connectivity index (χ3n) is 4.75. The second-order valence-corrected chi connectivity index (χ2v) is 7.05. The van der Waals surface area contributed by atoms with E-state index >= 15 is 0 Å². The fourth-order valence-electron chi connectivity index (χ4n) is 3.45. The number of hydrogen-bond donors (Lipinski definition) is 1. The Balaban J connectivity index is 2.47. The van der Waals surface area contributed by atoms with Gasteiger partial charge in [0.25, 0.3) is 0 Å². The summed E-state index contributed by atoms with van der Waals surface area (Å²) in [6, 6.07) is 0.761. The highest BCUT2D eigenvalue weighted by Gasteiger charge is 2.34. The highest BCUT2D eigenvalue weighted by atomic mass is 14.9. The summed E-state index contributed by atoms with van der Waals surface area (Å²) in [6.45, 7) is 10.7. The summed E-state index contributed by atoms with van der Waals surface area (Å²) >= 11 is 0. The van der Waals surface area contributed by atoms with Crippen molar-refractivity contribution in [2.24, 2.45) is 11.3 Å². The minimum Gasteiger partial charge on any atom is -0.313 e. The van der Waals surface area contributed by atoms with Crippen molar-refractivity contribution >= 4 is 0 Å². The Morgan fingerprint density at radius 3 is 2.28 bits per heavy atom. The molecule has 1 fully saturated rings. The molecule has 18 heavy (non-hydrogen) atoms. The molecular weight excluding hydrogens is 218 g/mol. The molecule has 0 heterocycles. The molecule has 0 aromatic heterocycles. The molecule has 0 radical (unpaired) electrons. The fourth-order valence-corrected chi connectivity index (χ4v) is 3.45. The largest absolute Gasteiger partial charge is 0.313 e. The van der Waals surface area contributed by atoms with Gasteiger partial charge in [-0.25, -0.2) is 0 Å². The third kappa shape index (κ3) is 5.30. The first-order chi connectivity index (χ1) is 8.58. The summed E-state index contributed by atoms with van der Waals surface area (Å²) in [6.07, 6.45) is 12.7. The lowest BCUT2D eigenvalue weighted by atomic mass is 9.69. The van der Waals surface area contributed by atoms with Gasteiger partial charge in [-0.2, -0.15) is 0 Å². The summed E-state index contributed by atoms with van der Waals surface area (Å²) < 4.78 is 0. The normalized spacial score (nSPS) is 21.2. The smallest absolute Gasteiger partial charge is 0.0121 e. The average Bonchev–Trinajstić information content (AvgIpc) is 2.34. The topological polar surface area (TPSA) is 12.0 Å². The standard InChI is InChI=1S/C17H35N/c1-5-14-18-16(11-9-10-15(2)3)17(4)12-7-6-8-13-17/h15-16,18H,5-14H2,1-4H3. The number of rotatable bonds is 8. The zero-order chi connectivity index (χ0) is 13.4. The van der Waals surface area contributed by atoms with E-state index in [1.807, 2.05) is 0 Å². The van der Waals surface area contributed by atoms with Crippen LogP contribution >= 0.6 is 0 Å². The van der Waals surface area contributed by atoms with Crippen LogP contribution in [0.4, 0.5) is 0 Å². The highest BCUT2D eigenvalue weighted by Crippen LogP contribution is 2.40. The molecule has 1 saturated carbocycles. The van der Waals surface area contributed by atoms with Crippen molar-refractivity contribution in [1.82, 2.24) is 5.32 Å². The first-order valence-corrected chi connectivity index (χ1v) is 8.32. The molecule has 0 aliphatic heterocycles. The second-order valence-electron chi connectivity index (χ2n) is 7.05. The molecular formula is C17H35N. The van der Waals surface area contributed by atoms with E-state index in [0.717, 1.165) is 12.0 Å². The van der Waals surface area contributed by atoms with Crippen molar-refractivity contribution in [2.45, 2.75) is 91.5 Å². The fraction of sp³-hybridized carbons (Fsp3) is 1.00. The van der Waals surface area contributed by atoms with Gasteiger partial charge in [0, 0.05) is 6.04 Å². The van der Waals surface area contributed by atoms with Crippen LogP contribution < -0.4 is 5.32 Å². The number of hydrogen-bond acceptors (Lipinski definition) is 1. The minimum atomic E-state index is 0.574. The van der Waals surface area contributed by atoms with Crippen LogP contribution in [0.2, 0.25) is 0 Å². The second kappa shape index (κ2) is 8.19. The van der Waals surface area contributed by atoms with E-state index in [1.165, 1.54) is 64.3 Å². The van der Waals surface area contributed by atoms with Gasteiger partial charge in [0.2, 0.25) is 0 Å². The summed E-state index contributed by atoms with van der Waals surface area (Å²) in [5.41, 5.74) is 0.574. The van der Waals surface area contributed by atoms with Gasteiger partial charge >= 0.3 is 0 Å². The Morgan fingerprint density at radius 2 is 1.72 bits per heavy atom. The lowest BCUT2D eigenvalue weighted by Gasteiger charge is -2.41. The Kier molecular flexibility index (Phi) is 7.29. The Hall–Kier alpha value is -0.0400. The van der Waals surface area contributed by atoms with Crippen molar-refractivity contribution < 1.29 is 0 Å². The SMILES string of the molecule is CCCNC(CCCC(C)C)C1(C)CCCCC1. The van der Waals surface area contributed by atoms with Crippen molar-refractivity contribution in [3.05, 3.63) is 0 Å². The van der Waals surface area contributed by atoms with Crippen LogP contribution in [-0.4, -0.2) is 12.6 Å². The van der Waals surface area contributed by atoms with Gasteiger partial charge in [0.05, 0.1) is 0 Å². The van der Waals surface area contributed by atoms with Crippen molar-refractivity contribution in [3.8, 4) is 0 Å². The molecule has 0 spiro atoms. The van der Waals surface area contributed by atoms with Gasteiger partial charge in [-0.05, 0) is 43.6 Å². The molecule has 108 valence electrons. The van der Waals surface area contributed by atoms with Gasteiger partial charge < -0.3 is 5.32 Å². The number of nitrogens with one attached hydrogen (secondary N) is 1. The van der Waals surface area contributed by atoms with Crippen LogP contribution in [0.5, 0.6) is 0 Å². The molecule has 1 aliphatic carbocycles. The molecule has 0 aromatic rings. The minimum absolute atomic E-state index is 0.574. The predicted molar refractivity (Wildman–Crippen MR) is 82.0 cm³/mol. The van der Waals surface area contributed by atoms with Gasteiger partial charge in [0.15, 0.2) is 0 Å². The summed E-state index contributed by atoms with van der Waals surface area (Å²) in [5, 5.41) is 3.85. The molecule has 1 heteroatoms. The third-order valence-corrected chi connectivity index (χ3v) is 4.75. The first kappa shape index (κ1) is 16.0. The summed E-state index contributed by atoms with van der Waals surface area (Å²) in [7, 11) is 0. The maximum absolute atomic E-state index is 3.85. The van der Waals surface area contributed by atoms with Gasteiger partial charge in [-0.15, -0.1) is 0 Å². The summed E-state index contributed by atoms with van der Waals surface area (Å²) in [5.74, 6) is 0.857. The van der Waals surface area contributed by atoms with Crippen molar-refractivity contribution in [3.63, 3.8) is 0 Å². The van der Waals surface area contributed by atoms with Gasteiger partial charge in [-0.3, -0.25) is 0 Å². The maximum Gasteiger partial charge on any atom is 0.0121 e. The first-order valence-electron chi connectivity index (χ1n) is 8.32. The Bertz CT molecular complexity index is 204. The van der Waals surface area contributed by atoms with E-state index in [0.29, 0.717) is 5.41 Å². The van der Waals surface area contributed by atoms with E-state index in [1.54, 1.807) is 0 Å². The Morgan fingerprint density at radius 1 is 1.06 bits per heavy atom. The monoisotopic (exact) mass is 253 g/mol. The summed E-state index contributed by atoms with van der Waals surface area (Å²) in [4.78, 5) is 0. The van der Waals surface area contributed by atoms with Crippen LogP contribution in [0.1, 0.15) is 85.5 Å². The van der Waals surface area contributed by atoms with E-state index < -0.39 is 0 Å². The zero-order valence-electron chi connectivity index (χ0n) is 13.2. The quantitative estimate of drug-likeness (QED) is 0.630. The molecule has 0 amide bonds. The lowest BCUT2D eigenvalue weighted by Crippen LogP contribution is -2.45. The molecule has 1 unspecified atom stereocenters. The van der Waals surface area contributed by atoms with Crippen molar-refractivity contribution in [1.29, 1.82) is 0 Å². The highest BCUT2D eigenvalue weighted by molar-refractivity contribution is 4.89. The van der Waals surface area contributed by atoms with Gasteiger partial charge in [0.1, 0.15) is 0 Å². The maximum atomic E-state index is 3.85. The van der Waals surface area contributed by atoms with E-state index in [9.17, 15) is 0 Å². The molecule has 0 saturated heterocycles. The van der Waals surface area contributed by atoms with Crippen LogP contribution in [0, 0.1) is 11.3 Å². The van der Waals surface area contributed by atoms with E-state index in [2.05, 4.69) is 33.0 Å². The van der Waals surface area contributed by atoms with Crippen LogP contribution in [0.3, 0.4) is 0 Å². The van der Waals surface area contributed by atoms with Crippen molar-refractivity contribution in [2.75, 3.05) is 6.54 Å². The predicted octanol–water partition coefficient (Wildman–Crippen LogP) is 5.15. The average molecular weight is 253 g/mol. The molecule has 1 aliphatic rings. The molecule has 0 bridgehead atoms. The molecule has 1 nitrogen and oxygen atoms in total. The van der Waals surface area contributed by atoms with Crippen LogP contribution in [-0.2, 0) is 0 Å². The molecule has 1 N–H and O–H groups in total.